The van der Waals surface area contributed by atoms with Gasteiger partial charge in [-0.05, 0) is 101 Å². The van der Waals surface area contributed by atoms with Gasteiger partial charge in [-0.1, -0.05) is 127 Å². The highest BCUT2D eigenvalue weighted by Gasteiger charge is 2.16. The molecule has 0 radical (unpaired) electrons. The lowest BCUT2D eigenvalue weighted by Crippen LogP contribution is -1.89. The average Bonchev–Trinajstić information content (AvgIpc) is 3.49. The van der Waals surface area contributed by atoms with E-state index in [0.29, 0.717) is 0 Å². The van der Waals surface area contributed by atoms with E-state index in [2.05, 4.69) is 146 Å². The molecule has 0 fully saturated rings. The van der Waals surface area contributed by atoms with Crippen LogP contribution in [-0.2, 0) is 0 Å². The minimum absolute atomic E-state index is 0.927. The molecule has 0 aliphatic rings. The van der Waals surface area contributed by atoms with E-state index in [1.807, 2.05) is 12.1 Å². The van der Waals surface area contributed by atoms with Crippen LogP contribution in [0.25, 0.3) is 98.4 Å². The first kappa shape index (κ1) is 24.5. The van der Waals surface area contributed by atoms with Crippen molar-refractivity contribution in [1.29, 1.82) is 0 Å². The van der Waals surface area contributed by atoms with E-state index in [4.69, 9.17) is 4.42 Å². The lowest BCUT2D eigenvalue weighted by molar-refractivity contribution is 0.670. The molecule has 208 valence electrons. The Hall–Kier alpha value is -5.92. The van der Waals surface area contributed by atoms with Gasteiger partial charge >= 0.3 is 0 Å². The Labute approximate surface area is 259 Å². The maximum absolute atomic E-state index is 6.41. The van der Waals surface area contributed by atoms with Crippen LogP contribution < -0.4 is 0 Å². The van der Waals surface area contributed by atoms with Crippen LogP contribution in [-0.4, -0.2) is 0 Å². The number of hydrogen-bond acceptors (Lipinski definition) is 1. The lowest BCUT2D eigenvalue weighted by Gasteiger charge is -2.16. The number of fused-ring (bicyclic) bond motifs is 4. The fourth-order valence-electron chi connectivity index (χ4n) is 7.55. The van der Waals surface area contributed by atoms with E-state index < -0.39 is 0 Å². The summed E-state index contributed by atoms with van der Waals surface area (Å²) in [4.78, 5) is 0. The van der Waals surface area contributed by atoms with Crippen molar-refractivity contribution in [2.24, 2.45) is 0 Å². The van der Waals surface area contributed by atoms with Crippen molar-refractivity contribution in [1.82, 2.24) is 0 Å². The number of para-hydroxylation sites is 2. The second-order valence-electron chi connectivity index (χ2n) is 12.1. The molecule has 0 N–H and O–H groups in total. The summed E-state index contributed by atoms with van der Waals surface area (Å²) in [6.45, 7) is 0. The van der Waals surface area contributed by atoms with Crippen LogP contribution in [0.3, 0.4) is 0 Å². The zero-order valence-corrected chi connectivity index (χ0v) is 24.4. The van der Waals surface area contributed by atoms with E-state index in [1.54, 1.807) is 0 Å². The monoisotopic (exact) mass is 570 g/mol. The maximum atomic E-state index is 6.41. The van der Waals surface area contributed by atoms with Crippen molar-refractivity contribution in [3.05, 3.63) is 158 Å². The van der Waals surface area contributed by atoms with Gasteiger partial charge < -0.3 is 4.42 Å². The van der Waals surface area contributed by atoms with Crippen molar-refractivity contribution in [3.63, 3.8) is 0 Å². The molecule has 0 saturated heterocycles. The molecule has 1 aromatic heterocycles. The van der Waals surface area contributed by atoms with Gasteiger partial charge in [0.2, 0.25) is 0 Å². The van der Waals surface area contributed by atoms with Crippen molar-refractivity contribution in [3.8, 4) is 33.4 Å². The van der Waals surface area contributed by atoms with Gasteiger partial charge in [-0.15, -0.1) is 0 Å². The fraction of sp³-hybridized carbons (Fsp3) is 0. The standard InChI is InChI=1S/C44H26O/c1-2-9-27(10-3-1)34-12-6-16-38-35(13-7-15-37(34)38)32-23-28-19-21-30-25-33(26-31-22-20-29(24-32)42(28)43(30)31)36-14-8-17-40-39-11-4-5-18-41(39)45-44(36)40/h1-26H. The third-order valence-corrected chi connectivity index (χ3v) is 9.57. The molecule has 1 nitrogen and oxygen atoms in total. The molecular formula is C44H26O. The molecule has 0 unspecified atom stereocenters. The fourth-order valence-corrected chi connectivity index (χ4v) is 7.55. The molecule has 0 bridgehead atoms. The van der Waals surface area contributed by atoms with Gasteiger partial charge in [0.25, 0.3) is 0 Å². The van der Waals surface area contributed by atoms with Gasteiger partial charge in [-0.25, -0.2) is 0 Å². The summed E-state index contributed by atoms with van der Waals surface area (Å²) in [5.41, 5.74) is 9.19. The summed E-state index contributed by atoms with van der Waals surface area (Å²) in [5.74, 6) is 0. The van der Waals surface area contributed by atoms with Crippen LogP contribution in [0.15, 0.2) is 162 Å². The van der Waals surface area contributed by atoms with Gasteiger partial charge in [-0.3, -0.25) is 0 Å². The molecular weight excluding hydrogens is 544 g/mol. The first-order valence-electron chi connectivity index (χ1n) is 15.5. The molecule has 1 heterocycles. The predicted octanol–water partition coefficient (Wildman–Crippen LogP) is 12.6. The van der Waals surface area contributed by atoms with Crippen LogP contribution in [0, 0.1) is 0 Å². The van der Waals surface area contributed by atoms with E-state index in [0.717, 1.165) is 27.5 Å². The molecule has 0 atom stereocenters. The summed E-state index contributed by atoms with van der Waals surface area (Å²) in [5, 5.41) is 12.5. The molecule has 1 heteroatoms. The van der Waals surface area contributed by atoms with E-state index in [9.17, 15) is 0 Å². The molecule has 10 rings (SSSR count). The molecule has 0 saturated carbocycles. The van der Waals surface area contributed by atoms with Gasteiger partial charge in [-0.2, -0.15) is 0 Å². The summed E-state index contributed by atoms with van der Waals surface area (Å²) in [6, 6.07) is 57.4. The predicted molar refractivity (Wildman–Crippen MR) is 191 cm³/mol. The summed E-state index contributed by atoms with van der Waals surface area (Å²) in [6.07, 6.45) is 0. The minimum Gasteiger partial charge on any atom is -0.455 e. The van der Waals surface area contributed by atoms with Gasteiger partial charge in [0.1, 0.15) is 11.2 Å². The van der Waals surface area contributed by atoms with Crippen LogP contribution in [0.5, 0.6) is 0 Å². The Bertz CT molecular complexity index is 2680. The third kappa shape index (κ3) is 3.62. The Balaban J connectivity index is 1.16. The summed E-state index contributed by atoms with van der Waals surface area (Å²) < 4.78 is 6.41. The van der Waals surface area contributed by atoms with E-state index in [1.165, 1.54) is 70.9 Å². The van der Waals surface area contributed by atoms with Crippen LogP contribution in [0.2, 0.25) is 0 Å². The quantitative estimate of drug-likeness (QED) is 0.193. The Kier molecular flexibility index (Phi) is 5.06. The van der Waals surface area contributed by atoms with E-state index >= 15 is 0 Å². The highest BCUT2D eigenvalue weighted by atomic mass is 16.3. The van der Waals surface area contributed by atoms with Crippen molar-refractivity contribution in [2.45, 2.75) is 0 Å². The van der Waals surface area contributed by atoms with Crippen LogP contribution in [0.4, 0.5) is 0 Å². The number of furan rings is 1. The Morgan fingerprint density at radius 2 is 0.778 bits per heavy atom. The zero-order valence-electron chi connectivity index (χ0n) is 24.4. The molecule has 0 aliphatic carbocycles. The van der Waals surface area contributed by atoms with Gasteiger partial charge in [0, 0.05) is 16.3 Å². The smallest absolute Gasteiger partial charge is 0.143 e. The number of rotatable bonds is 3. The average molecular weight is 571 g/mol. The second-order valence-corrected chi connectivity index (χ2v) is 12.1. The summed E-state index contributed by atoms with van der Waals surface area (Å²) >= 11 is 0. The molecule has 0 aliphatic heterocycles. The van der Waals surface area contributed by atoms with Crippen LogP contribution in [0.1, 0.15) is 0 Å². The number of hydrogen-bond donors (Lipinski definition) is 0. The van der Waals surface area contributed by atoms with Crippen LogP contribution >= 0.6 is 0 Å². The largest absolute Gasteiger partial charge is 0.455 e. The minimum atomic E-state index is 0.927. The Morgan fingerprint density at radius 1 is 0.311 bits per heavy atom. The lowest BCUT2D eigenvalue weighted by atomic mass is 9.88. The Morgan fingerprint density at radius 3 is 1.40 bits per heavy atom. The first-order chi connectivity index (χ1) is 22.3. The van der Waals surface area contributed by atoms with Crippen molar-refractivity contribution in [2.75, 3.05) is 0 Å². The zero-order chi connectivity index (χ0) is 29.5. The first-order valence-corrected chi connectivity index (χ1v) is 15.5. The highest BCUT2D eigenvalue weighted by molar-refractivity contribution is 6.25. The van der Waals surface area contributed by atoms with Gasteiger partial charge in [0.05, 0.1) is 0 Å². The maximum Gasteiger partial charge on any atom is 0.143 e. The molecule has 0 amide bonds. The third-order valence-electron chi connectivity index (χ3n) is 9.57. The van der Waals surface area contributed by atoms with Crippen molar-refractivity contribution < 1.29 is 4.42 Å². The second kappa shape index (κ2) is 9.29. The molecule has 45 heavy (non-hydrogen) atoms. The highest BCUT2D eigenvalue weighted by Crippen LogP contribution is 2.43. The molecule has 10 aromatic rings. The molecule has 9 aromatic carbocycles. The number of benzene rings is 9. The topological polar surface area (TPSA) is 13.1 Å². The summed E-state index contributed by atoms with van der Waals surface area (Å²) in [7, 11) is 0. The SMILES string of the molecule is c1ccc(-c2cccc3c(-c4cc5ccc6cc(-c7cccc8c7oc7ccccc78)cc7ccc(c4)c5c67)cccc23)cc1. The van der Waals surface area contributed by atoms with E-state index in [-0.39, 0.29) is 0 Å². The van der Waals surface area contributed by atoms with Crippen molar-refractivity contribution >= 4 is 65.0 Å². The molecule has 0 spiro atoms. The normalized spacial score (nSPS) is 12.0. The van der Waals surface area contributed by atoms with Gasteiger partial charge in [0.15, 0.2) is 0 Å².